The Balaban J connectivity index is 1.99. The van der Waals surface area contributed by atoms with Crippen molar-refractivity contribution in [3.05, 3.63) is 54.9 Å². The number of nitrogens with zero attached hydrogens (tertiary/aromatic N) is 3. The lowest BCUT2D eigenvalue weighted by Gasteiger charge is -2.13. The third-order valence-electron chi connectivity index (χ3n) is 3.16. The zero-order valence-electron chi connectivity index (χ0n) is 11.5. The molecule has 0 amide bonds. The standard InChI is InChI=1S/C16H16N4/c1-20(2)16-10-15(17-11-18-16)19-14-9-5-7-12-6-3-4-8-13(12)14/h3-11H,1-2H3,(H,17,18,19). The minimum Gasteiger partial charge on any atom is -0.363 e. The monoisotopic (exact) mass is 264 g/mol. The van der Waals surface area contributed by atoms with Crippen LogP contribution < -0.4 is 10.2 Å². The highest BCUT2D eigenvalue weighted by Crippen LogP contribution is 2.26. The van der Waals surface area contributed by atoms with Crippen LogP contribution in [0.2, 0.25) is 0 Å². The van der Waals surface area contributed by atoms with E-state index in [9.17, 15) is 0 Å². The van der Waals surface area contributed by atoms with Gasteiger partial charge in [0.05, 0.1) is 0 Å². The van der Waals surface area contributed by atoms with Gasteiger partial charge in [0.2, 0.25) is 0 Å². The van der Waals surface area contributed by atoms with Gasteiger partial charge in [0.25, 0.3) is 0 Å². The van der Waals surface area contributed by atoms with Gasteiger partial charge in [-0.25, -0.2) is 9.97 Å². The van der Waals surface area contributed by atoms with E-state index in [4.69, 9.17) is 0 Å². The van der Waals surface area contributed by atoms with E-state index in [1.807, 2.05) is 43.3 Å². The molecule has 0 atom stereocenters. The van der Waals surface area contributed by atoms with E-state index < -0.39 is 0 Å². The Morgan fingerprint density at radius 2 is 1.75 bits per heavy atom. The summed E-state index contributed by atoms with van der Waals surface area (Å²) in [5.74, 6) is 1.67. The van der Waals surface area contributed by atoms with E-state index in [-0.39, 0.29) is 0 Å². The normalized spacial score (nSPS) is 10.5. The highest BCUT2D eigenvalue weighted by atomic mass is 15.2. The maximum atomic E-state index is 4.27. The minimum atomic E-state index is 0.792. The first-order valence-corrected chi connectivity index (χ1v) is 6.48. The second-order valence-corrected chi connectivity index (χ2v) is 4.81. The molecule has 100 valence electrons. The van der Waals surface area contributed by atoms with Crippen LogP contribution in [0.25, 0.3) is 10.8 Å². The smallest absolute Gasteiger partial charge is 0.135 e. The van der Waals surface area contributed by atoms with Gasteiger partial charge < -0.3 is 10.2 Å². The molecule has 1 N–H and O–H groups in total. The van der Waals surface area contributed by atoms with E-state index in [1.165, 1.54) is 10.8 Å². The average Bonchev–Trinajstić information content (AvgIpc) is 2.48. The predicted octanol–water partition coefficient (Wildman–Crippen LogP) is 3.44. The lowest BCUT2D eigenvalue weighted by atomic mass is 10.1. The summed E-state index contributed by atoms with van der Waals surface area (Å²) in [6.45, 7) is 0. The fourth-order valence-corrected chi connectivity index (χ4v) is 2.13. The van der Waals surface area contributed by atoms with Crippen LogP contribution in [-0.4, -0.2) is 24.1 Å². The molecule has 0 spiro atoms. The summed E-state index contributed by atoms with van der Waals surface area (Å²) >= 11 is 0. The van der Waals surface area contributed by atoms with Gasteiger partial charge in [-0.05, 0) is 11.5 Å². The minimum absolute atomic E-state index is 0.792. The van der Waals surface area contributed by atoms with Crippen LogP contribution in [0.15, 0.2) is 54.9 Å². The Kier molecular flexibility index (Phi) is 3.21. The van der Waals surface area contributed by atoms with Crippen LogP contribution in [0.5, 0.6) is 0 Å². The first-order chi connectivity index (χ1) is 9.74. The van der Waals surface area contributed by atoms with Gasteiger partial charge in [-0.1, -0.05) is 36.4 Å². The Hall–Kier alpha value is -2.62. The molecule has 0 radical (unpaired) electrons. The Bertz CT molecular complexity index is 732. The fraction of sp³-hybridized carbons (Fsp3) is 0.125. The van der Waals surface area contributed by atoms with Gasteiger partial charge in [-0.3, -0.25) is 0 Å². The topological polar surface area (TPSA) is 41.0 Å². The SMILES string of the molecule is CN(C)c1cc(Nc2cccc3ccccc23)ncn1. The molecule has 4 heteroatoms. The van der Waals surface area contributed by atoms with Crippen molar-refractivity contribution in [3.63, 3.8) is 0 Å². The second-order valence-electron chi connectivity index (χ2n) is 4.81. The summed E-state index contributed by atoms with van der Waals surface area (Å²) in [6, 6.07) is 16.4. The number of hydrogen-bond donors (Lipinski definition) is 1. The van der Waals surface area contributed by atoms with Crippen molar-refractivity contribution in [2.24, 2.45) is 0 Å². The van der Waals surface area contributed by atoms with Gasteiger partial charge in [-0.15, -0.1) is 0 Å². The molecule has 0 saturated heterocycles. The van der Waals surface area contributed by atoms with E-state index in [0.717, 1.165) is 17.3 Å². The van der Waals surface area contributed by atoms with Crippen molar-refractivity contribution in [1.29, 1.82) is 0 Å². The summed E-state index contributed by atoms with van der Waals surface area (Å²) in [5, 5.41) is 5.75. The number of rotatable bonds is 3. The summed E-state index contributed by atoms with van der Waals surface area (Å²) in [7, 11) is 3.92. The Morgan fingerprint density at radius 1 is 0.950 bits per heavy atom. The maximum absolute atomic E-state index is 4.27. The first kappa shape index (κ1) is 12.4. The molecule has 1 heterocycles. The van der Waals surface area contributed by atoms with Crippen molar-refractivity contribution in [1.82, 2.24) is 9.97 Å². The van der Waals surface area contributed by atoms with Crippen LogP contribution in [0.3, 0.4) is 0 Å². The number of nitrogens with one attached hydrogen (secondary N) is 1. The van der Waals surface area contributed by atoms with Crippen LogP contribution in [-0.2, 0) is 0 Å². The largest absolute Gasteiger partial charge is 0.363 e. The summed E-state index contributed by atoms with van der Waals surface area (Å²) in [5.41, 5.74) is 1.05. The lowest BCUT2D eigenvalue weighted by molar-refractivity contribution is 1.04. The molecule has 0 aliphatic carbocycles. The van der Waals surface area contributed by atoms with Gasteiger partial charge in [-0.2, -0.15) is 0 Å². The summed E-state index contributed by atoms with van der Waals surface area (Å²) in [4.78, 5) is 10.4. The highest BCUT2D eigenvalue weighted by molar-refractivity contribution is 5.95. The maximum Gasteiger partial charge on any atom is 0.135 e. The van der Waals surface area contributed by atoms with Crippen molar-refractivity contribution in [2.75, 3.05) is 24.3 Å². The van der Waals surface area contributed by atoms with Gasteiger partial charge >= 0.3 is 0 Å². The molecule has 2 aromatic carbocycles. The summed E-state index contributed by atoms with van der Waals surface area (Å²) < 4.78 is 0. The van der Waals surface area contributed by atoms with Crippen molar-refractivity contribution in [2.45, 2.75) is 0 Å². The summed E-state index contributed by atoms with van der Waals surface area (Å²) in [6.07, 6.45) is 1.57. The quantitative estimate of drug-likeness (QED) is 0.786. The zero-order chi connectivity index (χ0) is 13.9. The number of fused-ring (bicyclic) bond motifs is 1. The van der Waals surface area contributed by atoms with Crippen molar-refractivity contribution in [3.8, 4) is 0 Å². The molecule has 3 aromatic rings. The van der Waals surface area contributed by atoms with Crippen LogP contribution in [0, 0.1) is 0 Å². The van der Waals surface area contributed by atoms with Crippen LogP contribution in [0.4, 0.5) is 17.3 Å². The fourth-order valence-electron chi connectivity index (χ4n) is 2.13. The highest BCUT2D eigenvalue weighted by Gasteiger charge is 2.03. The molecule has 1 aromatic heterocycles. The molecule has 0 aliphatic heterocycles. The van der Waals surface area contributed by atoms with E-state index in [1.54, 1.807) is 6.33 Å². The predicted molar refractivity (Wildman–Crippen MR) is 83.6 cm³/mol. The zero-order valence-corrected chi connectivity index (χ0v) is 11.5. The van der Waals surface area contributed by atoms with Crippen molar-refractivity contribution >= 4 is 28.1 Å². The van der Waals surface area contributed by atoms with E-state index >= 15 is 0 Å². The Morgan fingerprint density at radius 3 is 2.60 bits per heavy atom. The van der Waals surface area contributed by atoms with Gasteiger partial charge in [0, 0.05) is 31.2 Å². The van der Waals surface area contributed by atoms with E-state index in [0.29, 0.717) is 0 Å². The second kappa shape index (κ2) is 5.17. The number of anilines is 3. The third kappa shape index (κ3) is 2.40. The van der Waals surface area contributed by atoms with Gasteiger partial charge in [0.15, 0.2) is 0 Å². The average molecular weight is 264 g/mol. The van der Waals surface area contributed by atoms with E-state index in [2.05, 4.69) is 39.6 Å². The van der Waals surface area contributed by atoms with Crippen molar-refractivity contribution < 1.29 is 0 Å². The molecular formula is C16H16N4. The lowest BCUT2D eigenvalue weighted by Crippen LogP contribution is -2.11. The number of aromatic nitrogens is 2. The molecule has 4 nitrogen and oxygen atoms in total. The molecule has 0 fully saturated rings. The third-order valence-corrected chi connectivity index (χ3v) is 3.16. The van der Waals surface area contributed by atoms with Gasteiger partial charge in [0.1, 0.15) is 18.0 Å². The molecule has 0 aliphatic rings. The first-order valence-electron chi connectivity index (χ1n) is 6.48. The number of hydrogen-bond acceptors (Lipinski definition) is 4. The van der Waals surface area contributed by atoms with Crippen LogP contribution in [0.1, 0.15) is 0 Å². The number of benzene rings is 2. The Labute approximate surface area is 118 Å². The molecular weight excluding hydrogens is 248 g/mol. The van der Waals surface area contributed by atoms with Crippen LogP contribution >= 0.6 is 0 Å². The molecule has 20 heavy (non-hydrogen) atoms. The molecule has 0 unspecified atom stereocenters. The molecule has 0 bridgehead atoms. The molecule has 0 saturated carbocycles. The molecule has 3 rings (SSSR count).